The summed E-state index contributed by atoms with van der Waals surface area (Å²) in [6.45, 7) is 0. The summed E-state index contributed by atoms with van der Waals surface area (Å²) in [6.07, 6.45) is 5.43. The topological polar surface area (TPSA) is 9.23 Å². The number of rotatable bonds is 1. The minimum absolute atomic E-state index is 0.830. The predicted molar refractivity (Wildman–Crippen MR) is 58.4 cm³/mol. The maximum absolute atomic E-state index is 5.43. The van der Waals surface area contributed by atoms with Crippen LogP contribution >= 0.6 is 0 Å². The predicted octanol–water partition coefficient (Wildman–Crippen LogP) is 2.83. The molecule has 0 aromatic heterocycles. The average molecular weight is 182 g/mol. The molecule has 0 spiro atoms. The van der Waals surface area contributed by atoms with E-state index in [0.29, 0.717) is 0 Å². The summed E-state index contributed by atoms with van der Waals surface area (Å²) in [5, 5.41) is 2.12. The van der Waals surface area contributed by atoms with Gasteiger partial charge in [-0.1, -0.05) is 30.2 Å². The lowest BCUT2D eigenvalue weighted by molar-refractivity contribution is 0.420. The van der Waals surface area contributed by atoms with Crippen LogP contribution in [0.25, 0.3) is 10.8 Å². The lowest BCUT2D eigenvalue weighted by atomic mass is 10.0. The molecule has 2 aromatic carbocycles. The van der Waals surface area contributed by atoms with Crippen LogP contribution < -0.4 is 4.74 Å². The molecule has 0 aliphatic carbocycles. The standard InChI is InChI=1S/C13H10O/c1-3-10-6-4-7-11-8-5-9-12(14-2)13(10)11/h1,4-9H,2H3. The van der Waals surface area contributed by atoms with Gasteiger partial charge in [-0.2, -0.15) is 0 Å². The summed E-state index contributed by atoms with van der Waals surface area (Å²) in [6, 6.07) is 11.8. The fourth-order valence-corrected chi connectivity index (χ4v) is 1.60. The highest BCUT2D eigenvalue weighted by Crippen LogP contribution is 2.27. The van der Waals surface area contributed by atoms with Gasteiger partial charge in [-0.25, -0.2) is 0 Å². The van der Waals surface area contributed by atoms with Crippen molar-refractivity contribution in [2.24, 2.45) is 0 Å². The highest BCUT2D eigenvalue weighted by atomic mass is 16.5. The van der Waals surface area contributed by atoms with Crippen LogP contribution in [0.2, 0.25) is 0 Å². The third-order valence-electron chi connectivity index (χ3n) is 2.24. The summed E-state index contributed by atoms with van der Waals surface area (Å²) in [7, 11) is 1.65. The minimum atomic E-state index is 0.830. The van der Waals surface area contributed by atoms with Crippen LogP contribution in [0.1, 0.15) is 5.56 Å². The Kier molecular flexibility index (Phi) is 2.12. The summed E-state index contributed by atoms with van der Waals surface area (Å²) < 4.78 is 5.27. The first-order valence-corrected chi connectivity index (χ1v) is 4.39. The van der Waals surface area contributed by atoms with Gasteiger partial charge in [0.1, 0.15) is 5.75 Å². The Hall–Kier alpha value is -1.94. The Bertz CT molecular complexity index is 501. The molecule has 0 bridgehead atoms. The second-order valence-electron chi connectivity index (χ2n) is 3.01. The van der Waals surface area contributed by atoms with Crippen LogP contribution in [0.15, 0.2) is 36.4 Å². The van der Waals surface area contributed by atoms with E-state index in [1.807, 2.05) is 36.4 Å². The molecule has 1 nitrogen and oxygen atoms in total. The summed E-state index contributed by atoms with van der Waals surface area (Å²) >= 11 is 0. The van der Waals surface area contributed by atoms with E-state index in [-0.39, 0.29) is 0 Å². The van der Waals surface area contributed by atoms with Crippen molar-refractivity contribution in [2.75, 3.05) is 7.11 Å². The van der Waals surface area contributed by atoms with Gasteiger partial charge >= 0.3 is 0 Å². The van der Waals surface area contributed by atoms with Crippen LogP contribution in [0, 0.1) is 12.3 Å². The van der Waals surface area contributed by atoms with Gasteiger partial charge in [-0.05, 0) is 17.5 Å². The van der Waals surface area contributed by atoms with Crippen LogP contribution in [0.3, 0.4) is 0 Å². The molecular weight excluding hydrogens is 172 g/mol. The van der Waals surface area contributed by atoms with Gasteiger partial charge in [0.05, 0.1) is 7.11 Å². The molecule has 0 aliphatic rings. The third-order valence-corrected chi connectivity index (χ3v) is 2.24. The molecule has 0 fully saturated rings. The molecule has 0 N–H and O–H groups in total. The van der Waals surface area contributed by atoms with Crippen LogP contribution in [-0.2, 0) is 0 Å². The molecule has 2 rings (SSSR count). The molecule has 2 aromatic rings. The van der Waals surface area contributed by atoms with Gasteiger partial charge in [0.25, 0.3) is 0 Å². The van der Waals surface area contributed by atoms with E-state index in [0.717, 1.165) is 22.1 Å². The molecule has 0 radical (unpaired) electrons. The van der Waals surface area contributed by atoms with E-state index in [1.165, 1.54) is 0 Å². The van der Waals surface area contributed by atoms with Gasteiger partial charge in [-0.3, -0.25) is 0 Å². The van der Waals surface area contributed by atoms with E-state index >= 15 is 0 Å². The Morgan fingerprint density at radius 1 is 1.14 bits per heavy atom. The molecule has 1 heteroatoms. The summed E-state index contributed by atoms with van der Waals surface area (Å²) in [5.74, 6) is 3.49. The lowest BCUT2D eigenvalue weighted by Gasteiger charge is -2.06. The van der Waals surface area contributed by atoms with Crippen molar-refractivity contribution in [2.45, 2.75) is 0 Å². The Balaban J connectivity index is 2.90. The largest absolute Gasteiger partial charge is 0.496 e. The van der Waals surface area contributed by atoms with Crippen molar-refractivity contribution in [3.05, 3.63) is 42.0 Å². The van der Waals surface area contributed by atoms with Gasteiger partial charge in [-0.15, -0.1) is 6.42 Å². The highest BCUT2D eigenvalue weighted by molar-refractivity contribution is 5.93. The smallest absolute Gasteiger partial charge is 0.127 e. The molecule has 0 unspecified atom stereocenters. The van der Waals surface area contributed by atoms with Crippen molar-refractivity contribution < 1.29 is 4.74 Å². The van der Waals surface area contributed by atoms with Crippen molar-refractivity contribution in [1.29, 1.82) is 0 Å². The number of ether oxygens (including phenoxy) is 1. The van der Waals surface area contributed by atoms with Crippen LogP contribution in [0.5, 0.6) is 5.75 Å². The molecule has 0 saturated heterocycles. The molecule has 68 valence electrons. The number of hydrogen-bond donors (Lipinski definition) is 0. The van der Waals surface area contributed by atoms with Gasteiger partial charge < -0.3 is 4.74 Å². The SMILES string of the molecule is C#Cc1cccc2cccc(OC)c12. The Labute approximate surface area is 83.3 Å². The number of terminal acetylenes is 1. The normalized spacial score (nSPS) is 9.71. The second kappa shape index (κ2) is 3.43. The molecular formula is C13H10O. The number of fused-ring (bicyclic) bond motifs is 1. The van der Waals surface area contributed by atoms with Gasteiger partial charge in [0, 0.05) is 10.9 Å². The van der Waals surface area contributed by atoms with Crippen LogP contribution in [0.4, 0.5) is 0 Å². The molecule has 0 heterocycles. The van der Waals surface area contributed by atoms with E-state index in [4.69, 9.17) is 11.2 Å². The Morgan fingerprint density at radius 2 is 1.86 bits per heavy atom. The van der Waals surface area contributed by atoms with E-state index in [2.05, 4.69) is 5.92 Å². The van der Waals surface area contributed by atoms with E-state index in [9.17, 15) is 0 Å². The fourth-order valence-electron chi connectivity index (χ4n) is 1.60. The third kappa shape index (κ3) is 1.22. The zero-order chi connectivity index (χ0) is 9.97. The van der Waals surface area contributed by atoms with Gasteiger partial charge in [0.15, 0.2) is 0 Å². The van der Waals surface area contributed by atoms with Crippen molar-refractivity contribution in [1.82, 2.24) is 0 Å². The quantitative estimate of drug-likeness (QED) is 0.616. The van der Waals surface area contributed by atoms with Crippen molar-refractivity contribution >= 4 is 10.8 Å². The molecule has 0 amide bonds. The van der Waals surface area contributed by atoms with Gasteiger partial charge in [0.2, 0.25) is 0 Å². The first-order valence-electron chi connectivity index (χ1n) is 4.39. The number of methoxy groups -OCH3 is 1. The first-order chi connectivity index (χ1) is 6.86. The summed E-state index contributed by atoms with van der Waals surface area (Å²) in [5.41, 5.74) is 0.875. The minimum Gasteiger partial charge on any atom is -0.496 e. The zero-order valence-corrected chi connectivity index (χ0v) is 7.95. The average Bonchev–Trinajstić information content (AvgIpc) is 2.27. The fraction of sp³-hybridized carbons (Fsp3) is 0.0769. The van der Waals surface area contributed by atoms with Crippen LogP contribution in [-0.4, -0.2) is 7.11 Å². The molecule has 0 atom stereocenters. The molecule has 0 aliphatic heterocycles. The second-order valence-corrected chi connectivity index (χ2v) is 3.01. The van der Waals surface area contributed by atoms with Crippen molar-refractivity contribution in [3.63, 3.8) is 0 Å². The lowest BCUT2D eigenvalue weighted by Crippen LogP contribution is -1.87. The molecule has 14 heavy (non-hydrogen) atoms. The maximum Gasteiger partial charge on any atom is 0.127 e. The van der Waals surface area contributed by atoms with E-state index in [1.54, 1.807) is 7.11 Å². The Morgan fingerprint density at radius 3 is 2.50 bits per heavy atom. The maximum atomic E-state index is 5.43. The zero-order valence-electron chi connectivity index (χ0n) is 7.95. The number of hydrogen-bond acceptors (Lipinski definition) is 1. The van der Waals surface area contributed by atoms with Crippen molar-refractivity contribution in [3.8, 4) is 18.1 Å². The molecule has 0 saturated carbocycles. The highest BCUT2D eigenvalue weighted by Gasteiger charge is 2.03. The first kappa shape index (κ1) is 8.65. The monoisotopic (exact) mass is 182 g/mol. The summed E-state index contributed by atoms with van der Waals surface area (Å²) in [4.78, 5) is 0. The van der Waals surface area contributed by atoms with E-state index < -0.39 is 0 Å². The number of benzene rings is 2.